The highest BCUT2D eigenvalue weighted by Gasteiger charge is 2.63. The minimum atomic E-state index is 0.140. The molecule has 0 aromatic heterocycles. The first kappa shape index (κ1) is 13.6. The molecule has 1 heterocycles. The molecule has 0 bridgehead atoms. The third-order valence-electron chi connectivity index (χ3n) is 6.45. The smallest absolute Gasteiger partial charge is 0.0920 e. The van der Waals surface area contributed by atoms with E-state index >= 15 is 0 Å². The molecular weight excluding hydrogens is 236 g/mol. The molecule has 0 aromatic carbocycles. The van der Waals surface area contributed by atoms with Gasteiger partial charge in [0.1, 0.15) is 0 Å². The maximum Gasteiger partial charge on any atom is 0.0920 e. The predicted molar refractivity (Wildman–Crippen MR) is 77.1 cm³/mol. The van der Waals surface area contributed by atoms with Gasteiger partial charge in [-0.3, -0.25) is 0 Å². The van der Waals surface area contributed by atoms with E-state index in [0.29, 0.717) is 17.4 Å². The van der Waals surface area contributed by atoms with Gasteiger partial charge in [-0.2, -0.15) is 0 Å². The van der Waals surface area contributed by atoms with Crippen LogP contribution in [-0.2, 0) is 9.47 Å². The highest BCUT2D eigenvalue weighted by Crippen LogP contribution is 2.67. The average Bonchev–Trinajstić information content (AvgIpc) is 2.99. The standard InChI is InChI=1S/C17H28O2/c1-12-6-7-14-16(4,19-14)8-9-17(11-18-5)13(12)10-15(17,2)3/h13-14H,1,6-11H2,2-5H3. The van der Waals surface area contributed by atoms with Crippen molar-refractivity contribution in [3.05, 3.63) is 12.2 Å². The van der Waals surface area contributed by atoms with Gasteiger partial charge in [0, 0.05) is 12.5 Å². The molecule has 2 saturated carbocycles. The van der Waals surface area contributed by atoms with E-state index in [1.807, 2.05) is 7.11 Å². The summed E-state index contributed by atoms with van der Waals surface area (Å²) < 4.78 is 11.6. The molecule has 0 amide bonds. The second kappa shape index (κ2) is 4.08. The zero-order chi connectivity index (χ0) is 13.9. The van der Waals surface area contributed by atoms with Crippen LogP contribution >= 0.6 is 0 Å². The Labute approximate surface area is 117 Å². The van der Waals surface area contributed by atoms with Crippen LogP contribution in [0.15, 0.2) is 12.2 Å². The fourth-order valence-electron chi connectivity index (χ4n) is 4.76. The van der Waals surface area contributed by atoms with Crippen molar-refractivity contribution in [2.45, 2.75) is 64.6 Å². The Bertz CT molecular complexity index is 400. The average molecular weight is 264 g/mol. The maximum atomic E-state index is 5.95. The van der Waals surface area contributed by atoms with E-state index in [1.54, 1.807) is 0 Å². The molecular formula is C17H28O2. The Hall–Kier alpha value is -0.340. The number of methoxy groups -OCH3 is 1. The number of hydrogen-bond acceptors (Lipinski definition) is 2. The zero-order valence-corrected chi connectivity index (χ0v) is 12.9. The van der Waals surface area contributed by atoms with Crippen LogP contribution in [0.2, 0.25) is 0 Å². The summed E-state index contributed by atoms with van der Waals surface area (Å²) >= 11 is 0. The number of fused-ring (bicyclic) bond motifs is 2. The minimum absolute atomic E-state index is 0.140. The summed E-state index contributed by atoms with van der Waals surface area (Å²) in [4.78, 5) is 0. The lowest BCUT2D eigenvalue weighted by atomic mass is 9.42. The molecule has 2 aliphatic carbocycles. The number of allylic oxidation sites excluding steroid dienone is 1. The molecule has 4 unspecified atom stereocenters. The van der Waals surface area contributed by atoms with Crippen LogP contribution in [0.5, 0.6) is 0 Å². The summed E-state index contributed by atoms with van der Waals surface area (Å²) in [5, 5.41) is 0. The highest BCUT2D eigenvalue weighted by molar-refractivity contribution is 5.22. The second-order valence-corrected chi connectivity index (χ2v) is 7.85. The lowest BCUT2D eigenvalue weighted by Gasteiger charge is -2.63. The first-order valence-electron chi connectivity index (χ1n) is 7.69. The summed E-state index contributed by atoms with van der Waals surface area (Å²) in [5.41, 5.74) is 2.22. The van der Waals surface area contributed by atoms with Crippen molar-refractivity contribution >= 4 is 0 Å². The topological polar surface area (TPSA) is 21.8 Å². The van der Waals surface area contributed by atoms with E-state index in [0.717, 1.165) is 19.4 Å². The van der Waals surface area contributed by atoms with E-state index < -0.39 is 0 Å². The van der Waals surface area contributed by atoms with Gasteiger partial charge < -0.3 is 9.47 Å². The van der Waals surface area contributed by atoms with Crippen molar-refractivity contribution in [3.8, 4) is 0 Å². The Kier molecular flexibility index (Phi) is 2.93. The molecule has 1 saturated heterocycles. The van der Waals surface area contributed by atoms with E-state index in [2.05, 4.69) is 27.4 Å². The third kappa shape index (κ3) is 1.83. The molecule has 19 heavy (non-hydrogen) atoms. The Morgan fingerprint density at radius 2 is 2.05 bits per heavy atom. The molecule has 2 nitrogen and oxygen atoms in total. The molecule has 0 N–H and O–H groups in total. The van der Waals surface area contributed by atoms with Crippen LogP contribution in [0.1, 0.15) is 52.9 Å². The van der Waals surface area contributed by atoms with Gasteiger partial charge in [-0.1, -0.05) is 26.0 Å². The maximum absolute atomic E-state index is 5.95. The molecule has 3 aliphatic rings. The Balaban J connectivity index is 1.89. The highest BCUT2D eigenvalue weighted by atomic mass is 16.6. The molecule has 0 aromatic rings. The number of rotatable bonds is 2. The van der Waals surface area contributed by atoms with Crippen molar-refractivity contribution in [3.63, 3.8) is 0 Å². The Morgan fingerprint density at radius 3 is 2.68 bits per heavy atom. The summed E-state index contributed by atoms with van der Waals surface area (Å²) in [6, 6.07) is 0. The fraction of sp³-hybridized carbons (Fsp3) is 0.882. The van der Waals surface area contributed by atoms with Gasteiger partial charge in [-0.25, -0.2) is 0 Å². The SMILES string of the molecule is C=C1CCC2OC2(C)CCC2(COC)C1CC2(C)C. The molecule has 0 radical (unpaired) electrons. The van der Waals surface area contributed by atoms with Crippen LogP contribution in [0, 0.1) is 16.7 Å². The van der Waals surface area contributed by atoms with Crippen LogP contribution in [0.4, 0.5) is 0 Å². The number of hydrogen-bond donors (Lipinski definition) is 0. The first-order valence-corrected chi connectivity index (χ1v) is 7.69. The summed E-state index contributed by atoms with van der Waals surface area (Å²) in [5.74, 6) is 0.656. The van der Waals surface area contributed by atoms with E-state index in [4.69, 9.17) is 9.47 Å². The molecule has 3 fully saturated rings. The van der Waals surface area contributed by atoms with Crippen molar-refractivity contribution in [2.75, 3.05) is 13.7 Å². The van der Waals surface area contributed by atoms with Crippen LogP contribution < -0.4 is 0 Å². The van der Waals surface area contributed by atoms with Crippen molar-refractivity contribution in [1.29, 1.82) is 0 Å². The van der Waals surface area contributed by atoms with Gasteiger partial charge in [0.15, 0.2) is 0 Å². The van der Waals surface area contributed by atoms with Crippen LogP contribution in [-0.4, -0.2) is 25.4 Å². The number of ether oxygens (including phenoxy) is 2. The summed E-state index contributed by atoms with van der Waals surface area (Å²) in [6.45, 7) is 12.4. The van der Waals surface area contributed by atoms with Gasteiger partial charge in [0.2, 0.25) is 0 Å². The summed E-state index contributed by atoms with van der Waals surface area (Å²) in [6.07, 6.45) is 6.43. The molecule has 2 heteroatoms. The zero-order valence-electron chi connectivity index (χ0n) is 12.9. The van der Waals surface area contributed by atoms with Crippen molar-refractivity contribution in [1.82, 2.24) is 0 Å². The van der Waals surface area contributed by atoms with Gasteiger partial charge in [0.25, 0.3) is 0 Å². The van der Waals surface area contributed by atoms with Gasteiger partial charge in [0.05, 0.1) is 18.3 Å². The van der Waals surface area contributed by atoms with Crippen LogP contribution in [0.3, 0.4) is 0 Å². The lowest BCUT2D eigenvalue weighted by Crippen LogP contribution is -2.58. The molecule has 3 rings (SSSR count). The van der Waals surface area contributed by atoms with E-state index in [-0.39, 0.29) is 11.0 Å². The number of epoxide rings is 1. The minimum Gasteiger partial charge on any atom is -0.384 e. The third-order valence-corrected chi connectivity index (χ3v) is 6.45. The van der Waals surface area contributed by atoms with Crippen LogP contribution in [0.25, 0.3) is 0 Å². The summed E-state index contributed by atoms with van der Waals surface area (Å²) in [7, 11) is 1.84. The predicted octanol–water partition coefficient (Wildman–Crippen LogP) is 3.95. The quantitative estimate of drug-likeness (QED) is 0.556. The van der Waals surface area contributed by atoms with Crippen molar-refractivity contribution < 1.29 is 9.47 Å². The normalized spacial score (nSPS) is 48.1. The van der Waals surface area contributed by atoms with Gasteiger partial charge in [-0.05, 0) is 50.4 Å². The molecule has 1 aliphatic heterocycles. The molecule has 0 spiro atoms. The molecule has 108 valence electrons. The lowest BCUT2D eigenvalue weighted by molar-refractivity contribution is -0.153. The largest absolute Gasteiger partial charge is 0.384 e. The second-order valence-electron chi connectivity index (χ2n) is 7.85. The monoisotopic (exact) mass is 264 g/mol. The Morgan fingerprint density at radius 1 is 1.32 bits per heavy atom. The van der Waals surface area contributed by atoms with Gasteiger partial charge >= 0.3 is 0 Å². The molecule has 4 atom stereocenters. The van der Waals surface area contributed by atoms with Gasteiger partial charge in [-0.15, -0.1) is 0 Å². The first-order chi connectivity index (χ1) is 8.85. The fourth-order valence-corrected chi connectivity index (χ4v) is 4.76. The van der Waals surface area contributed by atoms with E-state index in [9.17, 15) is 0 Å². The van der Waals surface area contributed by atoms with Crippen molar-refractivity contribution in [2.24, 2.45) is 16.7 Å². The van der Waals surface area contributed by atoms with E-state index in [1.165, 1.54) is 24.8 Å².